The smallest absolute Gasteiger partial charge is 0.337 e. The van der Waals surface area contributed by atoms with E-state index in [4.69, 9.17) is 16.3 Å². The van der Waals surface area contributed by atoms with Crippen molar-refractivity contribution in [3.63, 3.8) is 0 Å². The second-order valence-corrected chi connectivity index (χ2v) is 7.75. The minimum atomic E-state index is -0.532. The van der Waals surface area contributed by atoms with Crippen molar-refractivity contribution < 1.29 is 19.1 Å². The van der Waals surface area contributed by atoms with Gasteiger partial charge in [-0.15, -0.1) is 0 Å². The number of carbonyl (C=O) groups is 3. The van der Waals surface area contributed by atoms with Crippen molar-refractivity contribution in [1.82, 2.24) is 9.88 Å². The van der Waals surface area contributed by atoms with Crippen LogP contribution in [0.3, 0.4) is 0 Å². The number of rotatable bonds is 4. The third kappa shape index (κ3) is 3.78. The van der Waals surface area contributed by atoms with Crippen LogP contribution in [0.5, 0.6) is 0 Å². The average Bonchev–Trinajstić information content (AvgIpc) is 3.21. The van der Waals surface area contributed by atoms with Gasteiger partial charge < -0.3 is 14.6 Å². The quantitative estimate of drug-likeness (QED) is 0.357. The van der Waals surface area contributed by atoms with Crippen molar-refractivity contribution in [1.29, 1.82) is 0 Å². The van der Waals surface area contributed by atoms with Gasteiger partial charge in [0.05, 0.1) is 18.4 Å². The third-order valence-corrected chi connectivity index (χ3v) is 5.50. The van der Waals surface area contributed by atoms with Crippen LogP contribution in [0.2, 0.25) is 5.02 Å². The van der Waals surface area contributed by atoms with Crippen LogP contribution in [0, 0.1) is 13.8 Å². The molecule has 1 aliphatic heterocycles. The van der Waals surface area contributed by atoms with Crippen molar-refractivity contribution >= 4 is 41.3 Å². The molecule has 0 saturated carbocycles. The summed E-state index contributed by atoms with van der Waals surface area (Å²) in [7, 11) is 1.34. The van der Waals surface area contributed by atoms with Crippen LogP contribution >= 0.6 is 11.6 Å². The predicted molar refractivity (Wildman–Crippen MR) is 122 cm³/mol. The number of anilines is 1. The maximum atomic E-state index is 12.9. The lowest BCUT2D eigenvalue weighted by Crippen LogP contribution is -2.30. The number of hydrogen-bond donors (Lipinski definition) is 1. The number of hydrogen-bond acceptors (Lipinski definition) is 4. The fourth-order valence-electron chi connectivity index (χ4n) is 3.74. The number of nitrogens with zero attached hydrogens (tertiary/aromatic N) is 2. The molecule has 7 nitrogen and oxygen atoms in total. The Bertz CT molecular complexity index is 1270. The zero-order valence-corrected chi connectivity index (χ0v) is 18.4. The van der Waals surface area contributed by atoms with Gasteiger partial charge in [-0.2, -0.15) is 0 Å². The summed E-state index contributed by atoms with van der Waals surface area (Å²) in [5.41, 5.74) is 4.50. The summed E-state index contributed by atoms with van der Waals surface area (Å²) < 4.78 is 6.75. The van der Waals surface area contributed by atoms with E-state index in [2.05, 4.69) is 5.32 Å². The number of halogens is 1. The van der Waals surface area contributed by atoms with E-state index in [1.807, 2.05) is 36.6 Å². The first-order chi connectivity index (χ1) is 15.3. The van der Waals surface area contributed by atoms with Crippen LogP contribution in [0.15, 0.2) is 60.3 Å². The van der Waals surface area contributed by atoms with E-state index in [-0.39, 0.29) is 5.70 Å². The number of methoxy groups -OCH3 is 1. The molecule has 2 heterocycles. The molecule has 2 aromatic carbocycles. The zero-order valence-electron chi connectivity index (χ0n) is 17.7. The molecular formula is C24H20ClN3O4. The summed E-state index contributed by atoms with van der Waals surface area (Å²) in [5.74, 6) is -0.854. The van der Waals surface area contributed by atoms with Gasteiger partial charge in [0.1, 0.15) is 5.70 Å². The van der Waals surface area contributed by atoms with E-state index in [0.717, 1.165) is 27.5 Å². The first-order valence-electron chi connectivity index (χ1n) is 9.80. The molecule has 0 aliphatic carbocycles. The molecule has 1 saturated heterocycles. The Balaban J connectivity index is 1.66. The summed E-state index contributed by atoms with van der Waals surface area (Å²) in [5, 5.41) is 3.07. The lowest BCUT2D eigenvalue weighted by Gasteiger charge is -2.11. The third-order valence-electron chi connectivity index (χ3n) is 5.26. The SMILES string of the molecule is COC(=O)c1ccc(-n2c(C)cc(C=C3NC(=O)N(c4cccc(Cl)c4)C3=O)c2C)cc1. The van der Waals surface area contributed by atoms with Crippen LogP contribution in [0.4, 0.5) is 10.5 Å². The normalized spacial score (nSPS) is 14.8. The van der Waals surface area contributed by atoms with Crippen molar-refractivity contribution in [2.45, 2.75) is 13.8 Å². The van der Waals surface area contributed by atoms with Crippen LogP contribution < -0.4 is 10.2 Å². The number of benzene rings is 2. The molecule has 1 fully saturated rings. The Labute approximate surface area is 189 Å². The standard InChI is InChI=1S/C24H20ClN3O4/c1-14-11-17(15(2)27(14)19-9-7-16(8-10-19)23(30)32-3)12-21-22(29)28(24(31)26-21)20-6-4-5-18(25)13-20/h4-13H,1-3H3,(H,26,31). The minimum Gasteiger partial charge on any atom is -0.465 e. The Morgan fingerprint density at radius 1 is 1.03 bits per heavy atom. The Morgan fingerprint density at radius 3 is 2.41 bits per heavy atom. The number of aryl methyl sites for hydroxylation is 1. The summed E-state index contributed by atoms with van der Waals surface area (Å²) in [6.07, 6.45) is 1.66. The van der Waals surface area contributed by atoms with Gasteiger partial charge in [-0.25, -0.2) is 14.5 Å². The number of carbonyl (C=O) groups excluding carboxylic acids is 3. The van der Waals surface area contributed by atoms with Crippen LogP contribution in [-0.4, -0.2) is 29.6 Å². The fraction of sp³-hybridized carbons (Fsp3) is 0.125. The molecule has 8 heteroatoms. The highest BCUT2D eigenvalue weighted by molar-refractivity contribution is 6.32. The first-order valence-corrected chi connectivity index (χ1v) is 10.2. The molecular weight excluding hydrogens is 430 g/mol. The lowest BCUT2D eigenvalue weighted by molar-refractivity contribution is -0.113. The lowest BCUT2D eigenvalue weighted by atomic mass is 10.2. The summed E-state index contributed by atoms with van der Waals surface area (Å²) >= 11 is 6.01. The molecule has 3 aromatic rings. The van der Waals surface area contributed by atoms with E-state index in [0.29, 0.717) is 16.3 Å². The van der Waals surface area contributed by atoms with Gasteiger partial charge in [-0.1, -0.05) is 17.7 Å². The maximum absolute atomic E-state index is 12.9. The highest BCUT2D eigenvalue weighted by atomic mass is 35.5. The van der Waals surface area contributed by atoms with Crippen molar-refractivity contribution in [3.05, 3.63) is 87.8 Å². The summed E-state index contributed by atoms with van der Waals surface area (Å²) in [6.45, 7) is 3.86. The first kappa shape index (κ1) is 21.4. The molecule has 0 unspecified atom stereocenters. The van der Waals surface area contributed by atoms with Crippen molar-refractivity contribution in [3.8, 4) is 5.69 Å². The molecule has 4 rings (SSSR count). The summed E-state index contributed by atoms with van der Waals surface area (Å²) in [6, 6.07) is 15.0. The van der Waals surface area contributed by atoms with E-state index in [1.165, 1.54) is 7.11 Å². The monoisotopic (exact) mass is 449 g/mol. The minimum absolute atomic E-state index is 0.177. The molecule has 162 valence electrons. The van der Waals surface area contributed by atoms with Gasteiger partial charge in [0.15, 0.2) is 0 Å². The number of aromatic nitrogens is 1. The van der Waals surface area contributed by atoms with Crippen LogP contribution in [0.1, 0.15) is 27.3 Å². The van der Waals surface area contributed by atoms with Gasteiger partial charge >= 0.3 is 12.0 Å². The number of imide groups is 1. The molecule has 0 spiro atoms. The van der Waals surface area contributed by atoms with Gasteiger partial charge in [-0.3, -0.25) is 4.79 Å². The second kappa shape index (κ2) is 8.36. The number of nitrogens with one attached hydrogen (secondary N) is 1. The van der Waals surface area contributed by atoms with E-state index < -0.39 is 17.9 Å². The van der Waals surface area contributed by atoms with E-state index in [1.54, 1.807) is 42.5 Å². The Morgan fingerprint density at radius 2 is 1.75 bits per heavy atom. The van der Waals surface area contributed by atoms with E-state index >= 15 is 0 Å². The number of ether oxygens (including phenoxy) is 1. The number of esters is 1. The fourth-order valence-corrected chi connectivity index (χ4v) is 3.92. The van der Waals surface area contributed by atoms with Crippen molar-refractivity contribution in [2.75, 3.05) is 12.0 Å². The predicted octanol–water partition coefficient (Wildman–Crippen LogP) is 4.63. The number of amides is 3. The van der Waals surface area contributed by atoms with Gasteiger partial charge in [-0.05, 0) is 74.0 Å². The summed E-state index contributed by atoms with van der Waals surface area (Å²) in [4.78, 5) is 38.1. The largest absolute Gasteiger partial charge is 0.465 e. The molecule has 0 atom stereocenters. The second-order valence-electron chi connectivity index (χ2n) is 7.31. The highest BCUT2D eigenvalue weighted by Gasteiger charge is 2.35. The molecule has 1 N–H and O–H groups in total. The number of urea groups is 1. The Hall–Kier alpha value is -3.84. The van der Waals surface area contributed by atoms with E-state index in [9.17, 15) is 14.4 Å². The van der Waals surface area contributed by atoms with Crippen LogP contribution in [-0.2, 0) is 9.53 Å². The molecule has 1 aromatic heterocycles. The zero-order chi connectivity index (χ0) is 23.0. The highest BCUT2D eigenvalue weighted by Crippen LogP contribution is 2.27. The van der Waals surface area contributed by atoms with Gasteiger partial charge in [0.2, 0.25) is 0 Å². The average molecular weight is 450 g/mol. The molecule has 32 heavy (non-hydrogen) atoms. The Kier molecular flexibility index (Phi) is 5.59. The van der Waals surface area contributed by atoms with Gasteiger partial charge in [0.25, 0.3) is 5.91 Å². The molecule has 1 aliphatic rings. The van der Waals surface area contributed by atoms with Crippen molar-refractivity contribution in [2.24, 2.45) is 0 Å². The molecule has 0 bridgehead atoms. The maximum Gasteiger partial charge on any atom is 0.337 e. The molecule has 3 amide bonds. The molecule has 0 radical (unpaired) electrons. The van der Waals surface area contributed by atoms with Gasteiger partial charge in [0, 0.05) is 22.1 Å². The topological polar surface area (TPSA) is 80.6 Å². The van der Waals surface area contributed by atoms with Crippen LogP contribution in [0.25, 0.3) is 11.8 Å².